The molecule has 3 aromatic rings. The van der Waals surface area contributed by atoms with Crippen LogP contribution in [0.4, 0.5) is 0 Å². The molecule has 1 atom stereocenters. The van der Waals surface area contributed by atoms with Gasteiger partial charge in [-0.25, -0.2) is 14.0 Å². The first-order chi connectivity index (χ1) is 13.5. The number of likely N-dealkylation sites (N-methyl/N-ethyl adjacent to an activating group) is 1. The lowest BCUT2D eigenvalue weighted by Gasteiger charge is -2.16. The largest absolute Gasteiger partial charge is 0.348 e. The molecule has 148 valence electrons. The minimum atomic E-state index is -0.151. The van der Waals surface area contributed by atoms with Gasteiger partial charge in [-0.2, -0.15) is 10.2 Å². The number of aryl methyl sites for hydroxylation is 1. The van der Waals surface area contributed by atoms with Crippen LogP contribution < -0.4 is 11.0 Å². The van der Waals surface area contributed by atoms with Crippen LogP contribution in [0.5, 0.6) is 0 Å². The van der Waals surface area contributed by atoms with Gasteiger partial charge in [0.15, 0.2) is 0 Å². The number of aromatic nitrogens is 5. The number of carbonyl (C=O) groups is 1. The minimum Gasteiger partial charge on any atom is -0.348 e. The first kappa shape index (κ1) is 18.4. The van der Waals surface area contributed by atoms with Crippen molar-refractivity contribution < 1.29 is 4.79 Å². The van der Waals surface area contributed by atoms with E-state index < -0.39 is 0 Å². The molecule has 0 saturated carbocycles. The number of hydrogen-bond acceptors (Lipinski definition) is 5. The second kappa shape index (κ2) is 7.59. The molecule has 9 nitrogen and oxygen atoms in total. The van der Waals surface area contributed by atoms with Gasteiger partial charge in [0.1, 0.15) is 11.5 Å². The summed E-state index contributed by atoms with van der Waals surface area (Å²) in [5, 5.41) is 11.8. The Morgan fingerprint density at radius 2 is 2.14 bits per heavy atom. The third-order valence-electron chi connectivity index (χ3n) is 5.17. The molecule has 3 aromatic heterocycles. The van der Waals surface area contributed by atoms with Crippen LogP contribution in [0.3, 0.4) is 0 Å². The van der Waals surface area contributed by atoms with Crippen molar-refractivity contribution in [3.05, 3.63) is 52.5 Å². The molecular weight excluding hydrogens is 358 g/mol. The second-order valence-corrected chi connectivity index (χ2v) is 7.45. The predicted molar refractivity (Wildman–Crippen MR) is 104 cm³/mol. The summed E-state index contributed by atoms with van der Waals surface area (Å²) in [6, 6.07) is 7.39. The van der Waals surface area contributed by atoms with Crippen molar-refractivity contribution in [3.8, 4) is 0 Å². The maximum atomic E-state index is 12.8. The average Bonchev–Trinajstić information content (AvgIpc) is 3.21. The molecule has 0 aromatic carbocycles. The summed E-state index contributed by atoms with van der Waals surface area (Å²) >= 11 is 0. The normalized spacial score (nSPS) is 16.9. The molecule has 4 heterocycles. The summed E-state index contributed by atoms with van der Waals surface area (Å²) in [4.78, 5) is 27.4. The molecule has 1 N–H and O–H groups in total. The maximum Gasteiger partial charge on any atom is 0.345 e. The second-order valence-electron chi connectivity index (χ2n) is 7.45. The Morgan fingerprint density at radius 3 is 2.96 bits per heavy atom. The van der Waals surface area contributed by atoms with Crippen LogP contribution in [-0.4, -0.2) is 61.5 Å². The fourth-order valence-corrected chi connectivity index (χ4v) is 3.59. The lowest BCUT2D eigenvalue weighted by Crippen LogP contribution is -2.37. The summed E-state index contributed by atoms with van der Waals surface area (Å²) in [6.45, 7) is 1.92. The van der Waals surface area contributed by atoms with Crippen LogP contribution in [0.2, 0.25) is 0 Å². The smallest absolute Gasteiger partial charge is 0.345 e. The summed E-state index contributed by atoms with van der Waals surface area (Å²) in [5.41, 5.74) is 1.33. The average molecular weight is 383 g/mol. The van der Waals surface area contributed by atoms with Crippen LogP contribution in [0.15, 0.2) is 35.3 Å². The summed E-state index contributed by atoms with van der Waals surface area (Å²) < 4.78 is 4.93. The van der Waals surface area contributed by atoms with Crippen molar-refractivity contribution in [1.29, 1.82) is 0 Å². The van der Waals surface area contributed by atoms with E-state index in [1.807, 2.05) is 37.2 Å². The van der Waals surface area contributed by atoms with Crippen LogP contribution in [0, 0.1) is 0 Å². The van der Waals surface area contributed by atoms with Crippen LogP contribution >= 0.6 is 0 Å². The Balaban J connectivity index is 1.44. The molecule has 9 heteroatoms. The third kappa shape index (κ3) is 3.57. The highest BCUT2D eigenvalue weighted by atomic mass is 16.2. The van der Waals surface area contributed by atoms with Crippen molar-refractivity contribution in [1.82, 2.24) is 34.2 Å². The molecular formula is C19H25N7O2. The van der Waals surface area contributed by atoms with Gasteiger partial charge in [-0.05, 0) is 45.1 Å². The molecule has 1 aliphatic rings. The standard InChI is InChI=1S/C19H25N7O2/c1-23(2)12-13-25-19(28)24-11-9-14(6-7-17(24)22-25)21-18(27)16-5-3-4-15-8-10-20-26(15)16/h3-5,8,10,14H,6-7,9,11-13H2,1-2H3,(H,21,27). The number of nitrogens with zero attached hydrogens (tertiary/aromatic N) is 6. The van der Waals surface area contributed by atoms with Gasteiger partial charge < -0.3 is 10.2 Å². The lowest BCUT2D eigenvalue weighted by atomic mass is 10.1. The molecule has 0 saturated heterocycles. The van der Waals surface area contributed by atoms with Gasteiger partial charge in [0.05, 0.1) is 18.3 Å². The van der Waals surface area contributed by atoms with E-state index in [1.54, 1.807) is 26.0 Å². The van der Waals surface area contributed by atoms with Crippen molar-refractivity contribution in [2.45, 2.75) is 38.4 Å². The van der Waals surface area contributed by atoms with Crippen LogP contribution in [-0.2, 0) is 19.5 Å². The van der Waals surface area contributed by atoms with E-state index in [4.69, 9.17) is 0 Å². The van der Waals surface area contributed by atoms with Gasteiger partial charge >= 0.3 is 5.69 Å². The Hall–Kier alpha value is -2.94. The van der Waals surface area contributed by atoms with Gasteiger partial charge in [0.2, 0.25) is 0 Å². The fourth-order valence-electron chi connectivity index (χ4n) is 3.59. The van der Waals surface area contributed by atoms with Crippen LogP contribution in [0.25, 0.3) is 5.52 Å². The summed E-state index contributed by atoms with van der Waals surface area (Å²) in [7, 11) is 3.95. The topological polar surface area (TPSA) is 89.5 Å². The quantitative estimate of drug-likeness (QED) is 0.688. The highest BCUT2D eigenvalue weighted by Gasteiger charge is 2.23. The monoisotopic (exact) mass is 383 g/mol. The minimum absolute atomic E-state index is 0.00496. The van der Waals surface area contributed by atoms with E-state index in [0.29, 0.717) is 31.6 Å². The molecule has 28 heavy (non-hydrogen) atoms. The Kier molecular flexibility index (Phi) is 4.99. The van der Waals surface area contributed by atoms with Gasteiger partial charge in [-0.1, -0.05) is 6.07 Å². The number of rotatable bonds is 5. The van der Waals surface area contributed by atoms with E-state index in [0.717, 1.165) is 24.3 Å². The third-order valence-corrected chi connectivity index (χ3v) is 5.17. The number of pyridine rings is 1. The molecule has 0 aliphatic carbocycles. The highest BCUT2D eigenvalue weighted by molar-refractivity contribution is 5.93. The van der Waals surface area contributed by atoms with Crippen molar-refractivity contribution in [3.63, 3.8) is 0 Å². The Bertz CT molecular complexity index is 1050. The lowest BCUT2D eigenvalue weighted by molar-refractivity contribution is 0.0925. The predicted octanol–water partition coefficient (Wildman–Crippen LogP) is 0.389. The number of nitrogens with one attached hydrogen (secondary N) is 1. The molecule has 0 bridgehead atoms. The van der Waals surface area contributed by atoms with Crippen molar-refractivity contribution in [2.75, 3.05) is 20.6 Å². The SMILES string of the molecule is CN(C)CCn1nc2n(c1=O)CCC(NC(=O)c1cccc3ccnn13)CC2. The number of hydrogen-bond donors (Lipinski definition) is 1. The summed E-state index contributed by atoms with van der Waals surface area (Å²) in [5.74, 6) is 0.650. The van der Waals surface area contributed by atoms with Gasteiger partial charge in [-0.3, -0.25) is 9.36 Å². The molecule has 1 amide bonds. The first-order valence-corrected chi connectivity index (χ1v) is 9.58. The fraction of sp³-hybridized carbons (Fsp3) is 0.474. The van der Waals surface area contributed by atoms with E-state index >= 15 is 0 Å². The first-order valence-electron chi connectivity index (χ1n) is 9.58. The zero-order valence-electron chi connectivity index (χ0n) is 16.2. The number of amides is 1. The molecule has 0 spiro atoms. The molecule has 1 unspecified atom stereocenters. The van der Waals surface area contributed by atoms with Crippen molar-refractivity contribution >= 4 is 11.4 Å². The van der Waals surface area contributed by atoms with Gasteiger partial charge in [-0.15, -0.1) is 0 Å². The molecule has 4 rings (SSSR count). The number of carbonyl (C=O) groups excluding carboxylic acids is 1. The Labute approximate surface area is 162 Å². The van der Waals surface area contributed by atoms with E-state index in [9.17, 15) is 9.59 Å². The van der Waals surface area contributed by atoms with Gasteiger partial charge in [0.25, 0.3) is 5.91 Å². The number of fused-ring (bicyclic) bond motifs is 2. The molecule has 0 fully saturated rings. The van der Waals surface area contributed by atoms with Crippen molar-refractivity contribution in [2.24, 2.45) is 0 Å². The summed E-state index contributed by atoms with van der Waals surface area (Å²) in [6.07, 6.45) is 3.80. The molecule has 1 aliphatic heterocycles. The zero-order chi connectivity index (χ0) is 19.7. The molecule has 0 radical (unpaired) electrons. The zero-order valence-corrected chi connectivity index (χ0v) is 16.2. The highest BCUT2D eigenvalue weighted by Crippen LogP contribution is 2.13. The van der Waals surface area contributed by atoms with E-state index in [2.05, 4.69) is 15.5 Å². The van der Waals surface area contributed by atoms with Crippen LogP contribution in [0.1, 0.15) is 29.2 Å². The Morgan fingerprint density at radius 1 is 1.29 bits per heavy atom. The van der Waals surface area contributed by atoms with Gasteiger partial charge in [0, 0.05) is 25.6 Å². The van der Waals surface area contributed by atoms with E-state index in [-0.39, 0.29) is 17.6 Å². The van der Waals surface area contributed by atoms with E-state index in [1.165, 1.54) is 0 Å². The maximum absolute atomic E-state index is 12.8.